The van der Waals surface area contributed by atoms with Gasteiger partial charge in [0.25, 0.3) is 5.69 Å². The number of hydrogen-bond donors (Lipinski definition) is 1. The topological polar surface area (TPSA) is 72.2 Å². The second-order valence-corrected chi connectivity index (χ2v) is 6.14. The number of halogens is 1. The molecule has 2 unspecified atom stereocenters. The zero-order valence-electron chi connectivity index (χ0n) is 10.2. The van der Waals surface area contributed by atoms with Gasteiger partial charge >= 0.3 is 0 Å². The third kappa shape index (κ3) is 4.04. The summed E-state index contributed by atoms with van der Waals surface area (Å²) in [6.45, 7) is 2.66. The van der Waals surface area contributed by atoms with Gasteiger partial charge in [0.15, 0.2) is 0 Å². The number of rotatable bonds is 6. The van der Waals surface area contributed by atoms with E-state index in [2.05, 4.69) is 5.32 Å². The maximum absolute atomic E-state index is 11.2. The second kappa shape index (κ2) is 6.82. The number of nitrogens with zero attached hydrogens (tertiary/aromatic N) is 1. The van der Waals surface area contributed by atoms with Crippen LogP contribution in [-0.4, -0.2) is 27.2 Å². The number of nitro groups is 1. The molecule has 0 amide bonds. The number of benzene rings is 1. The van der Waals surface area contributed by atoms with Crippen molar-refractivity contribution in [3.05, 3.63) is 38.9 Å². The smallest absolute Gasteiger partial charge is 0.275 e. The van der Waals surface area contributed by atoms with Gasteiger partial charge in [-0.2, -0.15) is 0 Å². The van der Waals surface area contributed by atoms with E-state index in [1.807, 2.05) is 6.92 Å². The van der Waals surface area contributed by atoms with Crippen molar-refractivity contribution in [3.63, 3.8) is 0 Å². The lowest BCUT2D eigenvalue weighted by atomic mass is 10.2. The Labute approximate surface area is 113 Å². The second-order valence-electron chi connectivity index (χ2n) is 3.93. The van der Waals surface area contributed by atoms with Crippen LogP contribution in [0.1, 0.15) is 12.5 Å². The molecule has 0 saturated carbocycles. The normalized spacial score (nSPS) is 14.2. The molecule has 1 rings (SSSR count). The Kier molecular flexibility index (Phi) is 5.71. The predicted octanol–water partition coefficient (Wildman–Crippen LogP) is 2.10. The highest BCUT2D eigenvalue weighted by Crippen LogP contribution is 2.25. The van der Waals surface area contributed by atoms with E-state index in [0.29, 0.717) is 17.1 Å². The van der Waals surface area contributed by atoms with Gasteiger partial charge in [-0.25, -0.2) is 0 Å². The third-order valence-corrected chi connectivity index (χ3v) is 4.25. The summed E-state index contributed by atoms with van der Waals surface area (Å²) in [5, 5.41) is 14.2. The van der Waals surface area contributed by atoms with Gasteiger partial charge in [0.1, 0.15) is 0 Å². The summed E-state index contributed by atoms with van der Waals surface area (Å²) in [5.41, 5.74) is 0.457. The lowest BCUT2D eigenvalue weighted by Gasteiger charge is -2.10. The molecule has 0 saturated heterocycles. The van der Waals surface area contributed by atoms with Crippen LogP contribution in [0.15, 0.2) is 18.2 Å². The summed E-state index contributed by atoms with van der Waals surface area (Å²) < 4.78 is 11.2. The Bertz CT molecular complexity index is 468. The molecule has 2 atom stereocenters. The minimum atomic E-state index is -0.917. The van der Waals surface area contributed by atoms with Crippen molar-refractivity contribution < 1.29 is 9.13 Å². The highest BCUT2D eigenvalue weighted by Gasteiger charge is 2.16. The van der Waals surface area contributed by atoms with E-state index in [4.69, 9.17) is 11.6 Å². The minimum absolute atomic E-state index is 0.000254. The fraction of sp³-hybridized carbons (Fsp3) is 0.455. The molecule has 1 aromatic carbocycles. The maximum atomic E-state index is 11.2. The molecule has 100 valence electrons. The van der Waals surface area contributed by atoms with Crippen molar-refractivity contribution in [2.45, 2.75) is 18.7 Å². The monoisotopic (exact) mass is 290 g/mol. The molecule has 0 bridgehead atoms. The molecule has 1 N–H and O–H groups in total. The van der Waals surface area contributed by atoms with Crippen LogP contribution in [0.2, 0.25) is 5.02 Å². The van der Waals surface area contributed by atoms with E-state index in [1.54, 1.807) is 18.4 Å². The van der Waals surface area contributed by atoms with Gasteiger partial charge in [0, 0.05) is 41.5 Å². The fourth-order valence-electron chi connectivity index (χ4n) is 1.41. The molecule has 0 aromatic heterocycles. The first-order chi connectivity index (χ1) is 8.43. The van der Waals surface area contributed by atoms with Gasteiger partial charge < -0.3 is 5.32 Å². The van der Waals surface area contributed by atoms with E-state index in [9.17, 15) is 14.3 Å². The molecular weight excluding hydrogens is 276 g/mol. The zero-order chi connectivity index (χ0) is 13.7. The molecule has 0 spiro atoms. The van der Waals surface area contributed by atoms with E-state index >= 15 is 0 Å². The molecule has 18 heavy (non-hydrogen) atoms. The van der Waals surface area contributed by atoms with Gasteiger partial charge in [0.05, 0.1) is 15.5 Å². The predicted molar refractivity (Wildman–Crippen MR) is 73.3 cm³/mol. The van der Waals surface area contributed by atoms with Crippen LogP contribution in [0, 0.1) is 10.1 Å². The fourth-order valence-corrected chi connectivity index (χ4v) is 2.00. The Morgan fingerprint density at radius 3 is 2.78 bits per heavy atom. The number of nitrogens with one attached hydrogen (secondary N) is 1. The molecule has 0 radical (unpaired) electrons. The molecule has 0 heterocycles. The zero-order valence-corrected chi connectivity index (χ0v) is 11.8. The van der Waals surface area contributed by atoms with Crippen LogP contribution in [-0.2, 0) is 17.3 Å². The average molecular weight is 291 g/mol. The van der Waals surface area contributed by atoms with E-state index in [0.717, 1.165) is 0 Å². The van der Waals surface area contributed by atoms with Gasteiger partial charge in [0.2, 0.25) is 0 Å². The van der Waals surface area contributed by atoms with Crippen molar-refractivity contribution in [2.75, 3.05) is 12.8 Å². The Balaban J connectivity index is 2.72. The number of hydrogen-bond acceptors (Lipinski definition) is 4. The summed E-state index contributed by atoms with van der Waals surface area (Å²) in [6, 6.07) is 4.59. The SMILES string of the molecule is CC(CNCc1c(Cl)cccc1[N+](=O)[O-])S(C)=O. The summed E-state index contributed by atoms with van der Waals surface area (Å²) >= 11 is 5.95. The van der Waals surface area contributed by atoms with Crippen LogP contribution >= 0.6 is 11.6 Å². The van der Waals surface area contributed by atoms with Crippen molar-refractivity contribution in [2.24, 2.45) is 0 Å². The quantitative estimate of drug-likeness (QED) is 0.643. The summed E-state index contributed by atoms with van der Waals surface area (Å²) in [7, 11) is -0.917. The molecule has 5 nitrogen and oxygen atoms in total. The Morgan fingerprint density at radius 1 is 1.56 bits per heavy atom. The largest absolute Gasteiger partial charge is 0.311 e. The first-order valence-corrected chi connectivity index (χ1v) is 7.38. The molecule has 0 aliphatic heterocycles. The van der Waals surface area contributed by atoms with Gasteiger partial charge in [-0.05, 0) is 13.0 Å². The number of nitro benzene ring substituents is 1. The highest BCUT2D eigenvalue weighted by molar-refractivity contribution is 7.84. The van der Waals surface area contributed by atoms with Gasteiger partial charge in [-0.3, -0.25) is 14.3 Å². The highest BCUT2D eigenvalue weighted by atomic mass is 35.5. The van der Waals surface area contributed by atoms with Crippen LogP contribution in [0.25, 0.3) is 0 Å². The molecule has 1 aromatic rings. The standard InChI is InChI=1S/C11H15ClN2O3S/c1-8(18(2)17)6-13-7-9-10(12)4-3-5-11(9)14(15)16/h3-5,8,13H,6-7H2,1-2H3. The molecule has 0 aliphatic rings. The maximum Gasteiger partial charge on any atom is 0.275 e. The average Bonchev–Trinajstić information content (AvgIpc) is 2.30. The van der Waals surface area contributed by atoms with Gasteiger partial charge in [-0.1, -0.05) is 17.7 Å². The first kappa shape index (κ1) is 15.1. The molecular formula is C11H15ClN2O3S. The lowest BCUT2D eigenvalue weighted by Crippen LogP contribution is -2.27. The van der Waals surface area contributed by atoms with Crippen molar-refractivity contribution >= 4 is 28.1 Å². The van der Waals surface area contributed by atoms with E-state index in [1.165, 1.54) is 6.07 Å². The van der Waals surface area contributed by atoms with Crippen molar-refractivity contribution in [1.82, 2.24) is 5.32 Å². The van der Waals surface area contributed by atoms with Crippen LogP contribution in [0.5, 0.6) is 0 Å². The Hall–Kier alpha value is -0.980. The first-order valence-electron chi connectivity index (χ1n) is 5.38. The molecule has 0 aliphatic carbocycles. The van der Waals surface area contributed by atoms with E-state index < -0.39 is 15.7 Å². The third-order valence-electron chi connectivity index (χ3n) is 2.59. The molecule has 0 fully saturated rings. The van der Waals surface area contributed by atoms with Crippen molar-refractivity contribution in [3.8, 4) is 0 Å². The van der Waals surface area contributed by atoms with Crippen molar-refractivity contribution in [1.29, 1.82) is 0 Å². The van der Waals surface area contributed by atoms with Crippen LogP contribution in [0.3, 0.4) is 0 Å². The lowest BCUT2D eigenvalue weighted by molar-refractivity contribution is -0.385. The van der Waals surface area contributed by atoms with E-state index in [-0.39, 0.29) is 17.5 Å². The molecule has 7 heteroatoms. The van der Waals surface area contributed by atoms with Crippen LogP contribution in [0.4, 0.5) is 5.69 Å². The summed E-state index contributed by atoms with van der Waals surface area (Å²) in [6.07, 6.45) is 1.63. The minimum Gasteiger partial charge on any atom is -0.311 e. The van der Waals surface area contributed by atoms with Gasteiger partial charge in [-0.15, -0.1) is 0 Å². The van der Waals surface area contributed by atoms with Crippen LogP contribution < -0.4 is 5.32 Å². The Morgan fingerprint density at radius 2 is 2.22 bits per heavy atom. The summed E-state index contributed by atoms with van der Waals surface area (Å²) in [4.78, 5) is 10.4. The summed E-state index contributed by atoms with van der Waals surface area (Å²) in [5.74, 6) is 0.